The van der Waals surface area contributed by atoms with Gasteiger partial charge in [-0.3, -0.25) is 4.90 Å². The Bertz CT molecular complexity index is 657. The third-order valence-corrected chi connectivity index (χ3v) is 4.64. The summed E-state index contributed by atoms with van der Waals surface area (Å²) in [5, 5.41) is 0. The SMILES string of the molecule is Cc1ccc(S(=O)(=O)O[C@@H](C(=O)OC(C)(C)C)N2CCC2)cc1. The van der Waals surface area contributed by atoms with Gasteiger partial charge in [-0.25, -0.2) is 8.98 Å². The molecule has 1 saturated heterocycles. The molecule has 2 rings (SSSR count). The highest BCUT2D eigenvalue weighted by Crippen LogP contribution is 2.22. The molecule has 0 amide bonds. The number of carbonyl (C=O) groups is 1. The van der Waals surface area contributed by atoms with Crippen LogP contribution in [0.25, 0.3) is 0 Å². The molecular formula is C16H23NO5S. The molecule has 1 aliphatic heterocycles. The van der Waals surface area contributed by atoms with Gasteiger partial charge in [0, 0.05) is 13.1 Å². The fourth-order valence-electron chi connectivity index (χ4n) is 2.06. The highest BCUT2D eigenvalue weighted by Gasteiger charge is 2.38. The summed E-state index contributed by atoms with van der Waals surface area (Å²) in [4.78, 5) is 14.0. The Morgan fingerprint density at radius 3 is 2.17 bits per heavy atom. The van der Waals surface area contributed by atoms with Gasteiger partial charge in [0.15, 0.2) is 0 Å². The van der Waals surface area contributed by atoms with E-state index in [1.165, 1.54) is 12.1 Å². The Kier molecular flexibility index (Phi) is 5.13. The first-order chi connectivity index (χ1) is 10.6. The largest absolute Gasteiger partial charge is 0.457 e. The number of nitrogens with zero attached hydrogens (tertiary/aromatic N) is 1. The van der Waals surface area contributed by atoms with Crippen molar-refractivity contribution in [2.24, 2.45) is 0 Å². The van der Waals surface area contributed by atoms with Gasteiger partial charge < -0.3 is 4.74 Å². The van der Waals surface area contributed by atoms with Crippen molar-refractivity contribution in [2.75, 3.05) is 13.1 Å². The highest BCUT2D eigenvalue weighted by molar-refractivity contribution is 7.86. The van der Waals surface area contributed by atoms with Crippen LogP contribution in [-0.4, -0.2) is 44.2 Å². The van der Waals surface area contributed by atoms with Gasteiger partial charge >= 0.3 is 5.97 Å². The minimum atomic E-state index is -4.04. The molecule has 23 heavy (non-hydrogen) atoms. The number of esters is 1. The summed E-state index contributed by atoms with van der Waals surface area (Å²) in [6, 6.07) is 6.30. The van der Waals surface area contributed by atoms with Gasteiger partial charge in [-0.2, -0.15) is 8.42 Å². The van der Waals surface area contributed by atoms with E-state index in [0.717, 1.165) is 12.0 Å². The number of aryl methyl sites for hydroxylation is 1. The van der Waals surface area contributed by atoms with Crippen LogP contribution in [0.15, 0.2) is 29.2 Å². The summed E-state index contributed by atoms with van der Waals surface area (Å²) in [7, 11) is -4.04. The van der Waals surface area contributed by atoms with Gasteiger partial charge in [0.05, 0.1) is 4.90 Å². The van der Waals surface area contributed by atoms with Crippen molar-refractivity contribution >= 4 is 16.1 Å². The maximum absolute atomic E-state index is 12.4. The van der Waals surface area contributed by atoms with Crippen LogP contribution in [-0.2, 0) is 23.8 Å². The first-order valence-electron chi connectivity index (χ1n) is 7.55. The number of ether oxygens (including phenoxy) is 1. The second-order valence-corrected chi connectivity index (χ2v) is 8.21. The maximum Gasteiger partial charge on any atom is 0.352 e. The second kappa shape index (κ2) is 6.59. The molecule has 128 valence electrons. The average Bonchev–Trinajstić information content (AvgIpc) is 2.34. The van der Waals surface area contributed by atoms with Crippen molar-refractivity contribution in [1.29, 1.82) is 0 Å². The first-order valence-corrected chi connectivity index (χ1v) is 8.96. The number of benzene rings is 1. The van der Waals surface area contributed by atoms with Crippen molar-refractivity contribution in [3.63, 3.8) is 0 Å². The van der Waals surface area contributed by atoms with Crippen LogP contribution in [0.2, 0.25) is 0 Å². The van der Waals surface area contributed by atoms with Gasteiger partial charge in [-0.1, -0.05) is 17.7 Å². The van der Waals surface area contributed by atoms with E-state index in [-0.39, 0.29) is 4.90 Å². The molecule has 0 spiro atoms. The molecule has 0 bridgehead atoms. The molecule has 1 atom stereocenters. The van der Waals surface area contributed by atoms with Crippen molar-refractivity contribution in [1.82, 2.24) is 4.90 Å². The van der Waals surface area contributed by atoms with E-state index in [1.807, 2.05) is 6.92 Å². The Balaban J connectivity index is 2.20. The van der Waals surface area contributed by atoms with Crippen molar-refractivity contribution in [3.05, 3.63) is 29.8 Å². The van der Waals surface area contributed by atoms with Crippen LogP contribution in [0.4, 0.5) is 0 Å². The maximum atomic E-state index is 12.4. The number of rotatable bonds is 5. The lowest BCUT2D eigenvalue weighted by atomic mass is 10.2. The lowest BCUT2D eigenvalue weighted by molar-refractivity contribution is -0.176. The van der Waals surface area contributed by atoms with Crippen LogP contribution in [0.3, 0.4) is 0 Å². The van der Waals surface area contributed by atoms with Gasteiger partial charge in [0.25, 0.3) is 10.1 Å². The second-order valence-electron chi connectivity index (χ2n) is 6.64. The average molecular weight is 341 g/mol. The van der Waals surface area contributed by atoms with E-state index in [0.29, 0.717) is 13.1 Å². The summed E-state index contributed by atoms with van der Waals surface area (Å²) in [6.07, 6.45) is -0.345. The van der Waals surface area contributed by atoms with Gasteiger partial charge in [-0.05, 0) is 46.2 Å². The first kappa shape index (κ1) is 17.9. The van der Waals surface area contributed by atoms with Crippen LogP contribution in [0, 0.1) is 6.92 Å². The fraction of sp³-hybridized carbons (Fsp3) is 0.562. The number of likely N-dealkylation sites (tertiary alicyclic amines) is 1. The van der Waals surface area contributed by atoms with Gasteiger partial charge in [0.2, 0.25) is 6.23 Å². The standard InChI is InChI=1S/C16H23NO5S/c1-12-6-8-13(9-7-12)23(19,20)22-14(17-10-5-11-17)15(18)21-16(2,3)4/h6-9,14H,5,10-11H2,1-4H3/t14-/m0/s1. The lowest BCUT2D eigenvalue weighted by Gasteiger charge is -2.36. The molecular weight excluding hydrogens is 318 g/mol. The van der Waals surface area contributed by atoms with Gasteiger partial charge in [-0.15, -0.1) is 0 Å². The molecule has 0 aromatic heterocycles. The third kappa shape index (κ3) is 4.76. The fourth-order valence-corrected chi connectivity index (χ4v) is 3.08. The molecule has 1 aromatic carbocycles. The van der Waals surface area contributed by atoms with Crippen LogP contribution in [0.5, 0.6) is 0 Å². The highest BCUT2D eigenvalue weighted by atomic mass is 32.2. The Morgan fingerprint density at radius 2 is 1.74 bits per heavy atom. The van der Waals surface area contributed by atoms with Crippen molar-refractivity contribution < 1.29 is 22.1 Å². The number of hydrogen-bond donors (Lipinski definition) is 0. The van der Waals surface area contributed by atoms with Gasteiger partial charge in [0.1, 0.15) is 5.60 Å². The molecule has 0 aliphatic carbocycles. The zero-order valence-corrected chi connectivity index (χ0v) is 14.7. The van der Waals surface area contributed by atoms with Crippen LogP contribution >= 0.6 is 0 Å². The molecule has 0 radical (unpaired) electrons. The zero-order valence-electron chi connectivity index (χ0n) is 13.9. The Labute approximate surface area is 137 Å². The predicted octanol–water partition coefficient (Wildman–Crippen LogP) is 2.07. The molecule has 1 aromatic rings. The summed E-state index contributed by atoms with van der Waals surface area (Å²) in [6.45, 7) is 8.26. The quantitative estimate of drug-likeness (QED) is 0.603. The van der Waals surface area contributed by atoms with Crippen LogP contribution in [0.1, 0.15) is 32.8 Å². The van der Waals surface area contributed by atoms with Crippen LogP contribution < -0.4 is 0 Å². The minimum absolute atomic E-state index is 0.0252. The zero-order chi connectivity index (χ0) is 17.3. The minimum Gasteiger partial charge on any atom is -0.457 e. The van der Waals surface area contributed by atoms with E-state index in [1.54, 1.807) is 37.8 Å². The molecule has 1 aliphatic rings. The summed E-state index contributed by atoms with van der Waals surface area (Å²) in [5.74, 6) is -0.687. The van der Waals surface area contributed by atoms with E-state index >= 15 is 0 Å². The summed E-state index contributed by atoms with van der Waals surface area (Å²) < 4.78 is 35.3. The normalized spacial score (nSPS) is 17.4. The predicted molar refractivity (Wildman–Crippen MR) is 85.3 cm³/mol. The molecule has 1 heterocycles. The molecule has 0 unspecified atom stereocenters. The third-order valence-electron chi connectivity index (χ3n) is 3.36. The molecule has 0 N–H and O–H groups in total. The summed E-state index contributed by atoms with van der Waals surface area (Å²) in [5.41, 5.74) is 0.229. The molecule has 6 nitrogen and oxygen atoms in total. The smallest absolute Gasteiger partial charge is 0.352 e. The van der Waals surface area contributed by atoms with Crippen molar-refractivity contribution in [2.45, 2.75) is 50.8 Å². The van der Waals surface area contributed by atoms with E-state index in [2.05, 4.69) is 0 Å². The lowest BCUT2D eigenvalue weighted by Crippen LogP contribution is -2.52. The van der Waals surface area contributed by atoms with E-state index < -0.39 is 27.9 Å². The van der Waals surface area contributed by atoms with E-state index in [4.69, 9.17) is 8.92 Å². The number of hydrogen-bond acceptors (Lipinski definition) is 6. The monoisotopic (exact) mass is 341 g/mol. The molecule has 7 heteroatoms. The number of carbonyl (C=O) groups excluding carboxylic acids is 1. The topological polar surface area (TPSA) is 72.9 Å². The van der Waals surface area contributed by atoms with E-state index in [9.17, 15) is 13.2 Å². The Morgan fingerprint density at radius 1 is 1.17 bits per heavy atom. The summed E-state index contributed by atoms with van der Waals surface area (Å²) >= 11 is 0. The molecule has 1 fully saturated rings. The van der Waals surface area contributed by atoms with Crippen molar-refractivity contribution in [3.8, 4) is 0 Å². The molecule has 0 saturated carbocycles. The Hall–Kier alpha value is -1.44.